The summed E-state index contributed by atoms with van der Waals surface area (Å²) in [6.07, 6.45) is 3.85. The molecule has 1 aliphatic carbocycles. The molecule has 1 heterocycles. The van der Waals surface area contributed by atoms with Crippen molar-refractivity contribution in [1.82, 2.24) is 4.90 Å². The number of amides is 1. The van der Waals surface area contributed by atoms with Crippen LogP contribution in [0.5, 0.6) is 0 Å². The van der Waals surface area contributed by atoms with Crippen LogP contribution < -0.4 is 0 Å². The molecule has 2 aliphatic rings. The van der Waals surface area contributed by atoms with Gasteiger partial charge in [0, 0.05) is 23.5 Å². The second-order valence-electron chi connectivity index (χ2n) is 4.67. The molecule has 3 heteroatoms. The van der Waals surface area contributed by atoms with Crippen LogP contribution in [0.4, 0.5) is 0 Å². The first-order valence-electron chi connectivity index (χ1n) is 5.81. The summed E-state index contributed by atoms with van der Waals surface area (Å²) in [6, 6.07) is 6.88. The van der Waals surface area contributed by atoms with E-state index in [2.05, 4.69) is 39.0 Å². The van der Waals surface area contributed by atoms with E-state index in [4.69, 9.17) is 0 Å². The topological polar surface area (TPSA) is 20.3 Å². The Morgan fingerprint density at radius 3 is 2.81 bits per heavy atom. The first-order chi connectivity index (χ1) is 7.74. The molecule has 1 saturated heterocycles. The maximum atomic E-state index is 11.7. The quantitative estimate of drug-likeness (QED) is 0.774. The van der Waals surface area contributed by atoms with Crippen LogP contribution in [0.2, 0.25) is 0 Å². The number of halogens is 1. The molecular formula is C13H14BrNO. The molecule has 0 spiro atoms. The summed E-state index contributed by atoms with van der Waals surface area (Å²) in [4.78, 5) is 13.8. The van der Waals surface area contributed by atoms with Crippen LogP contribution in [0.3, 0.4) is 0 Å². The second-order valence-corrected chi connectivity index (χ2v) is 5.58. The average Bonchev–Trinajstić information content (AvgIpc) is 2.82. The van der Waals surface area contributed by atoms with Crippen LogP contribution in [0, 0.1) is 0 Å². The SMILES string of the molecule is O=C1CCCN1[C@H]1Cc2ccc(Br)cc2C1. The van der Waals surface area contributed by atoms with Gasteiger partial charge in [0.2, 0.25) is 5.91 Å². The molecule has 16 heavy (non-hydrogen) atoms. The molecule has 1 atom stereocenters. The Morgan fingerprint density at radius 1 is 1.25 bits per heavy atom. The Kier molecular flexibility index (Phi) is 2.51. The van der Waals surface area contributed by atoms with Gasteiger partial charge in [-0.1, -0.05) is 22.0 Å². The van der Waals surface area contributed by atoms with Crippen LogP contribution >= 0.6 is 15.9 Å². The molecule has 0 unspecified atom stereocenters. The van der Waals surface area contributed by atoms with Crippen LogP contribution in [-0.2, 0) is 17.6 Å². The molecule has 0 radical (unpaired) electrons. The third kappa shape index (κ3) is 1.67. The van der Waals surface area contributed by atoms with Gasteiger partial charge in [-0.15, -0.1) is 0 Å². The fourth-order valence-electron chi connectivity index (χ4n) is 2.84. The Balaban J connectivity index is 1.82. The van der Waals surface area contributed by atoms with Crippen LogP contribution in [0.1, 0.15) is 24.0 Å². The fraction of sp³-hybridized carbons (Fsp3) is 0.462. The molecule has 2 nitrogen and oxygen atoms in total. The number of hydrogen-bond donors (Lipinski definition) is 0. The maximum Gasteiger partial charge on any atom is 0.222 e. The van der Waals surface area contributed by atoms with Gasteiger partial charge in [-0.3, -0.25) is 4.79 Å². The fourth-order valence-corrected chi connectivity index (χ4v) is 3.25. The van der Waals surface area contributed by atoms with Crippen molar-refractivity contribution in [3.8, 4) is 0 Å². The van der Waals surface area contributed by atoms with Crippen LogP contribution in [0.25, 0.3) is 0 Å². The Morgan fingerprint density at radius 2 is 2.06 bits per heavy atom. The van der Waals surface area contributed by atoms with Crippen molar-refractivity contribution in [1.29, 1.82) is 0 Å². The first kappa shape index (κ1) is 10.3. The molecule has 0 N–H and O–H groups in total. The Labute approximate surface area is 104 Å². The van der Waals surface area contributed by atoms with E-state index in [-0.39, 0.29) is 0 Å². The van der Waals surface area contributed by atoms with E-state index in [0.29, 0.717) is 11.9 Å². The molecular weight excluding hydrogens is 266 g/mol. The zero-order valence-corrected chi connectivity index (χ0v) is 10.7. The Hall–Kier alpha value is -0.830. The van der Waals surface area contributed by atoms with Gasteiger partial charge in [-0.05, 0) is 42.5 Å². The highest BCUT2D eigenvalue weighted by atomic mass is 79.9. The van der Waals surface area contributed by atoms with Gasteiger partial charge in [0.05, 0.1) is 0 Å². The lowest BCUT2D eigenvalue weighted by Gasteiger charge is -2.23. The zero-order valence-electron chi connectivity index (χ0n) is 9.08. The average molecular weight is 280 g/mol. The normalized spacial score (nSPS) is 23.9. The smallest absolute Gasteiger partial charge is 0.222 e. The maximum absolute atomic E-state index is 11.7. The standard InChI is InChI=1S/C13H14BrNO/c14-11-4-3-9-7-12(8-10(9)6-11)15-5-1-2-13(15)16/h3-4,6,12H,1-2,5,7-8H2/t12-/m0/s1. The number of nitrogens with zero attached hydrogens (tertiary/aromatic N) is 1. The van der Waals surface area contributed by atoms with Gasteiger partial charge < -0.3 is 4.90 Å². The first-order valence-corrected chi connectivity index (χ1v) is 6.60. The minimum absolute atomic E-state index is 0.344. The number of likely N-dealkylation sites (tertiary alicyclic amines) is 1. The van der Waals surface area contributed by atoms with E-state index >= 15 is 0 Å². The van der Waals surface area contributed by atoms with Crippen molar-refractivity contribution in [2.24, 2.45) is 0 Å². The van der Waals surface area contributed by atoms with Crippen molar-refractivity contribution in [2.75, 3.05) is 6.54 Å². The molecule has 1 aliphatic heterocycles. The summed E-state index contributed by atoms with van der Waals surface area (Å²) in [6.45, 7) is 0.957. The molecule has 1 aromatic carbocycles. The Bertz CT molecular complexity index is 444. The third-order valence-electron chi connectivity index (χ3n) is 3.63. The minimum atomic E-state index is 0.344. The van der Waals surface area contributed by atoms with Crippen LogP contribution in [-0.4, -0.2) is 23.4 Å². The lowest BCUT2D eigenvalue weighted by molar-refractivity contribution is -0.129. The summed E-state index contributed by atoms with van der Waals surface area (Å²) in [5, 5.41) is 0. The van der Waals surface area contributed by atoms with Gasteiger partial charge in [0.15, 0.2) is 0 Å². The predicted octanol–water partition coefficient (Wildman–Crippen LogP) is 2.54. The molecule has 0 bridgehead atoms. The summed E-state index contributed by atoms with van der Waals surface area (Å²) >= 11 is 3.50. The number of benzene rings is 1. The van der Waals surface area contributed by atoms with E-state index in [1.807, 2.05) is 0 Å². The van der Waals surface area contributed by atoms with E-state index < -0.39 is 0 Å². The highest BCUT2D eigenvalue weighted by Crippen LogP contribution is 2.30. The lowest BCUT2D eigenvalue weighted by atomic mass is 10.1. The minimum Gasteiger partial charge on any atom is -0.339 e. The van der Waals surface area contributed by atoms with Gasteiger partial charge in [0.25, 0.3) is 0 Å². The number of rotatable bonds is 1. The van der Waals surface area contributed by atoms with E-state index in [1.165, 1.54) is 11.1 Å². The van der Waals surface area contributed by atoms with E-state index in [0.717, 1.165) is 36.7 Å². The molecule has 1 fully saturated rings. The molecule has 0 aromatic heterocycles. The largest absolute Gasteiger partial charge is 0.339 e. The third-order valence-corrected chi connectivity index (χ3v) is 4.12. The van der Waals surface area contributed by atoms with Gasteiger partial charge in [-0.2, -0.15) is 0 Å². The van der Waals surface area contributed by atoms with Gasteiger partial charge >= 0.3 is 0 Å². The summed E-state index contributed by atoms with van der Waals surface area (Å²) in [5.74, 6) is 0.344. The van der Waals surface area contributed by atoms with Crippen molar-refractivity contribution >= 4 is 21.8 Å². The van der Waals surface area contributed by atoms with Crippen molar-refractivity contribution < 1.29 is 4.79 Å². The molecule has 1 amide bonds. The van der Waals surface area contributed by atoms with Gasteiger partial charge in [0.1, 0.15) is 0 Å². The summed E-state index contributed by atoms with van der Waals surface area (Å²) in [7, 11) is 0. The predicted molar refractivity (Wildman–Crippen MR) is 66.3 cm³/mol. The molecule has 84 valence electrons. The number of carbonyl (C=O) groups is 1. The summed E-state index contributed by atoms with van der Waals surface area (Å²) in [5.41, 5.74) is 2.81. The molecule has 3 rings (SSSR count). The van der Waals surface area contributed by atoms with Crippen molar-refractivity contribution in [2.45, 2.75) is 31.7 Å². The number of fused-ring (bicyclic) bond motifs is 1. The monoisotopic (exact) mass is 279 g/mol. The van der Waals surface area contributed by atoms with Crippen LogP contribution in [0.15, 0.2) is 22.7 Å². The lowest BCUT2D eigenvalue weighted by Crippen LogP contribution is -2.36. The second kappa shape index (κ2) is 3.88. The molecule has 0 saturated carbocycles. The number of hydrogen-bond acceptors (Lipinski definition) is 1. The van der Waals surface area contributed by atoms with Crippen molar-refractivity contribution in [3.05, 3.63) is 33.8 Å². The van der Waals surface area contributed by atoms with E-state index in [1.54, 1.807) is 0 Å². The zero-order chi connectivity index (χ0) is 11.1. The van der Waals surface area contributed by atoms with Crippen molar-refractivity contribution in [3.63, 3.8) is 0 Å². The van der Waals surface area contributed by atoms with E-state index in [9.17, 15) is 4.79 Å². The number of carbonyl (C=O) groups excluding carboxylic acids is 1. The highest BCUT2D eigenvalue weighted by molar-refractivity contribution is 9.10. The summed E-state index contributed by atoms with van der Waals surface area (Å²) < 4.78 is 1.14. The highest BCUT2D eigenvalue weighted by Gasteiger charge is 2.32. The van der Waals surface area contributed by atoms with Gasteiger partial charge in [-0.25, -0.2) is 0 Å². The molecule has 1 aromatic rings.